The first-order valence-electron chi connectivity index (χ1n) is 11.6. The number of hydrogen-bond acceptors (Lipinski definition) is 7. The average molecular weight is 459 g/mol. The zero-order valence-corrected chi connectivity index (χ0v) is 20.1. The summed E-state index contributed by atoms with van der Waals surface area (Å²) in [6.45, 7) is 11.7. The van der Waals surface area contributed by atoms with Crippen LogP contribution in [0.2, 0.25) is 0 Å². The van der Waals surface area contributed by atoms with Gasteiger partial charge in [0.1, 0.15) is 0 Å². The number of hydrogen-bond donors (Lipinski definition) is 1. The lowest BCUT2D eigenvalue weighted by molar-refractivity contribution is -0.123. The van der Waals surface area contributed by atoms with Crippen molar-refractivity contribution in [1.29, 1.82) is 0 Å². The molecule has 3 heterocycles. The van der Waals surface area contributed by atoms with Gasteiger partial charge in [0.25, 0.3) is 0 Å². The SMILES string of the molecule is Cc1csc(N2CCCN(CC(=O)NC(c3ccc4c(c3)OCCCO4)C(C)C)CC2)n1. The van der Waals surface area contributed by atoms with Crippen molar-refractivity contribution in [3.63, 3.8) is 0 Å². The topological polar surface area (TPSA) is 66.9 Å². The molecule has 2 aliphatic heterocycles. The fourth-order valence-electron chi connectivity index (χ4n) is 4.24. The third-order valence-corrected chi connectivity index (χ3v) is 6.97. The van der Waals surface area contributed by atoms with Gasteiger partial charge in [0.15, 0.2) is 16.6 Å². The maximum Gasteiger partial charge on any atom is 0.234 e. The molecule has 7 nitrogen and oxygen atoms in total. The van der Waals surface area contributed by atoms with Crippen LogP contribution in [-0.4, -0.2) is 61.7 Å². The van der Waals surface area contributed by atoms with Crippen LogP contribution in [0.5, 0.6) is 11.5 Å². The van der Waals surface area contributed by atoms with E-state index in [-0.39, 0.29) is 17.9 Å². The molecule has 1 fully saturated rings. The van der Waals surface area contributed by atoms with Crippen LogP contribution in [0, 0.1) is 12.8 Å². The van der Waals surface area contributed by atoms with Gasteiger partial charge in [-0.15, -0.1) is 11.3 Å². The van der Waals surface area contributed by atoms with Crippen LogP contribution in [0.3, 0.4) is 0 Å². The molecule has 2 aliphatic rings. The van der Waals surface area contributed by atoms with Gasteiger partial charge in [0, 0.05) is 38.0 Å². The standard InChI is InChI=1S/C24H34N4O3S/c1-17(2)23(19-6-7-20-21(14-19)31-13-5-12-30-20)26-22(29)15-27-8-4-9-28(11-10-27)24-25-18(3)16-32-24/h6-7,14,16-17,23H,4-5,8-13,15H2,1-3H3,(H,26,29). The van der Waals surface area contributed by atoms with Gasteiger partial charge in [-0.25, -0.2) is 4.98 Å². The number of anilines is 1. The van der Waals surface area contributed by atoms with E-state index in [0.29, 0.717) is 19.8 Å². The molecule has 0 saturated carbocycles. The summed E-state index contributed by atoms with van der Waals surface area (Å²) >= 11 is 1.70. The van der Waals surface area contributed by atoms with E-state index in [1.165, 1.54) is 0 Å². The van der Waals surface area contributed by atoms with Crippen LogP contribution in [0.1, 0.15) is 44.0 Å². The molecule has 1 aromatic carbocycles. The molecular weight excluding hydrogens is 424 g/mol. The van der Waals surface area contributed by atoms with Gasteiger partial charge < -0.3 is 19.7 Å². The Morgan fingerprint density at radius 3 is 2.69 bits per heavy atom. The molecule has 1 N–H and O–H groups in total. The quantitative estimate of drug-likeness (QED) is 0.713. The summed E-state index contributed by atoms with van der Waals surface area (Å²) in [5.41, 5.74) is 2.12. The van der Waals surface area contributed by atoms with Gasteiger partial charge in [-0.2, -0.15) is 0 Å². The number of amides is 1. The number of nitrogens with one attached hydrogen (secondary N) is 1. The predicted molar refractivity (Wildman–Crippen MR) is 128 cm³/mol. The van der Waals surface area contributed by atoms with E-state index in [1.807, 2.05) is 25.1 Å². The molecule has 8 heteroatoms. The van der Waals surface area contributed by atoms with Crippen molar-refractivity contribution in [1.82, 2.24) is 15.2 Å². The molecule has 0 aliphatic carbocycles. The highest BCUT2D eigenvalue weighted by Gasteiger charge is 2.23. The van der Waals surface area contributed by atoms with E-state index in [0.717, 1.165) is 66.9 Å². The number of carbonyl (C=O) groups excluding carboxylic acids is 1. The molecule has 174 valence electrons. The number of nitrogens with zero attached hydrogens (tertiary/aromatic N) is 3. The molecule has 32 heavy (non-hydrogen) atoms. The van der Waals surface area contributed by atoms with Crippen LogP contribution in [-0.2, 0) is 4.79 Å². The van der Waals surface area contributed by atoms with E-state index < -0.39 is 0 Å². The van der Waals surface area contributed by atoms with Crippen LogP contribution < -0.4 is 19.7 Å². The Hall–Kier alpha value is -2.32. The molecule has 0 radical (unpaired) electrons. The third-order valence-electron chi connectivity index (χ3n) is 5.95. The third kappa shape index (κ3) is 5.72. The van der Waals surface area contributed by atoms with Crippen molar-refractivity contribution in [3.8, 4) is 11.5 Å². The first kappa shape index (κ1) is 22.9. The van der Waals surface area contributed by atoms with Gasteiger partial charge in [-0.3, -0.25) is 9.69 Å². The minimum Gasteiger partial charge on any atom is -0.490 e. The molecule has 0 spiro atoms. The number of rotatable bonds is 6. The first-order chi connectivity index (χ1) is 15.5. The van der Waals surface area contributed by atoms with Gasteiger partial charge in [0.05, 0.1) is 31.5 Å². The van der Waals surface area contributed by atoms with Crippen molar-refractivity contribution >= 4 is 22.4 Å². The lowest BCUT2D eigenvalue weighted by Gasteiger charge is -2.26. The maximum absolute atomic E-state index is 13.0. The van der Waals surface area contributed by atoms with Crippen LogP contribution in [0.25, 0.3) is 0 Å². The number of aromatic nitrogens is 1. The molecular formula is C24H34N4O3S. The Morgan fingerprint density at radius 2 is 1.94 bits per heavy atom. The van der Waals surface area contributed by atoms with Gasteiger partial charge in [-0.05, 0) is 37.0 Å². The van der Waals surface area contributed by atoms with Gasteiger partial charge in [0.2, 0.25) is 5.91 Å². The summed E-state index contributed by atoms with van der Waals surface area (Å²) in [5, 5.41) is 6.45. The monoisotopic (exact) mass is 458 g/mol. The van der Waals surface area contributed by atoms with Crippen molar-refractivity contribution in [3.05, 3.63) is 34.8 Å². The second-order valence-electron chi connectivity index (χ2n) is 8.93. The second-order valence-corrected chi connectivity index (χ2v) is 9.77. The van der Waals surface area contributed by atoms with Crippen molar-refractivity contribution < 1.29 is 14.3 Å². The number of carbonyl (C=O) groups is 1. The highest BCUT2D eigenvalue weighted by atomic mass is 32.1. The zero-order valence-electron chi connectivity index (χ0n) is 19.3. The summed E-state index contributed by atoms with van der Waals surface area (Å²) in [6.07, 6.45) is 1.91. The lowest BCUT2D eigenvalue weighted by atomic mass is 9.95. The highest BCUT2D eigenvalue weighted by molar-refractivity contribution is 7.13. The summed E-state index contributed by atoms with van der Waals surface area (Å²) in [7, 11) is 0. The minimum absolute atomic E-state index is 0.0642. The predicted octanol–water partition coefficient (Wildman–Crippen LogP) is 3.64. The average Bonchev–Trinajstić information content (AvgIpc) is 2.95. The van der Waals surface area contributed by atoms with Gasteiger partial charge in [-0.1, -0.05) is 19.9 Å². The normalized spacial score (nSPS) is 18.2. The van der Waals surface area contributed by atoms with Gasteiger partial charge >= 0.3 is 0 Å². The Kier molecular flexibility index (Phi) is 7.52. The summed E-state index contributed by atoms with van der Waals surface area (Å²) in [4.78, 5) is 22.2. The Labute approximate surface area is 194 Å². The summed E-state index contributed by atoms with van der Waals surface area (Å²) < 4.78 is 11.6. The fourth-order valence-corrected chi connectivity index (χ4v) is 5.09. The molecule has 1 saturated heterocycles. The number of ether oxygens (including phenoxy) is 2. The van der Waals surface area contributed by atoms with Crippen LogP contribution >= 0.6 is 11.3 Å². The van der Waals surface area contributed by atoms with Crippen molar-refractivity contribution in [2.75, 3.05) is 50.8 Å². The van der Waals surface area contributed by atoms with Crippen molar-refractivity contribution in [2.24, 2.45) is 5.92 Å². The Morgan fingerprint density at radius 1 is 1.12 bits per heavy atom. The number of aryl methyl sites for hydroxylation is 1. The van der Waals surface area contributed by atoms with Crippen LogP contribution in [0.15, 0.2) is 23.6 Å². The van der Waals surface area contributed by atoms with E-state index in [9.17, 15) is 4.79 Å². The molecule has 0 bridgehead atoms. The molecule has 1 atom stereocenters. The second kappa shape index (κ2) is 10.5. The highest BCUT2D eigenvalue weighted by Crippen LogP contribution is 2.34. The smallest absolute Gasteiger partial charge is 0.234 e. The van der Waals surface area contributed by atoms with Crippen LogP contribution in [0.4, 0.5) is 5.13 Å². The Balaban J connectivity index is 1.36. The first-order valence-corrected chi connectivity index (χ1v) is 12.5. The molecule has 1 aromatic heterocycles. The number of benzene rings is 1. The largest absolute Gasteiger partial charge is 0.490 e. The van der Waals surface area contributed by atoms with E-state index >= 15 is 0 Å². The summed E-state index contributed by atoms with van der Waals surface area (Å²) in [5.74, 6) is 1.88. The molecule has 1 amide bonds. The van der Waals surface area contributed by atoms with E-state index in [4.69, 9.17) is 9.47 Å². The van der Waals surface area contributed by atoms with E-state index in [1.54, 1.807) is 11.3 Å². The molecule has 1 unspecified atom stereocenters. The fraction of sp³-hybridized carbons (Fsp3) is 0.583. The molecule has 2 aromatic rings. The minimum atomic E-state index is -0.0681. The summed E-state index contributed by atoms with van der Waals surface area (Å²) in [6, 6.07) is 5.95. The Bertz CT molecular complexity index is 916. The molecule has 4 rings (SSSR count). The van der Waals surface area contributed by atoms with E-state index in [2.05, 4.69) is 39.3 Å². The number of fused-ring (bicyclic) bond motifs is 1. The zero-order chi connectivity index (χ0) is 22.5. The number of thiazole rings is 1. The lowest BCUT2D eigenvalue weighted by Crippen LogP contribution is -2.41. The van der Waals surface area contributed by atoms with Crippen molar-refractivity contribution in [2.45, 2.75) is 39.7 Å². The maximum atomic E-state index is 13.0.